The molecule has 0 unspecified atom stereocenters. The summed E-state index contributed by atoms with van der Waals surface area (Å²) in [5, 5.41) is 9.88. The van der Waals surface area contributed by atoms with Crippen LogP contribution < -0.4 is 5.32 Å². The van der Waals surface area contributed by atoms with Gasteiger partial charge in [-0.2, -0.15) is 0 Å². The Balaban J connectivity index is 2.25. The van der Waals surface area contributed by atoms with Crippen molar-refractivity contribution in [2.45, 2.75) is 70.6 Å². The molecular formula is C20H29N3O5S. The molecule has 0 bridgehead atoms. The summed E-state index contributed by atoms with van der Waals surface area (Å²) in [5.74, 6) is -0.280. The number of benzene rings is 1. The van der Waals surface area contributed by atoms with Crippen molar-refractivity contribution in [2.75, 3.05) is 0 Å². The topological polar surface area (TPSA) is 111 Å². The largest absolute Gasteiger partial charge is 0.444 e. The van der Waals surface area contributed by atoms with E-state index >= 15 is 0 Å². The van der Waals surface area contributed by atoms with E-state index in [1.54, 1.807) is 32.9 Å². The smallest absolute Gasteiger partial charge is 0.408 e. The Morgan fingerprint density at radius 1 is 1.24 bits per heavy atom. The lowest BCUT2D eigenvalue weighted by atomic mass is 9.99. The Kier molecular flexibility index (Phi) is 7.05. The van der Waals surface area contributed by atoms with Gasteiger partial charge in [0.1, 0.15) is 11.6 Å². The molecule has 0 aliphatic carbocycles. The lowest BCUT2D eigenvalue weighted by molar-refractivity contribution is 0.0473. The highest BCUT2D eigenvalue weighted by Gasteiger charge is 2.31. The van der Waals surface area contributed by atoms with Crippen molar-refractivity contribution in [2.24, 2.45) is 5.92 Å². The summed E-state index contributed by atoms with van der Waals surface area (Å²) in [7, 11) is -3.82. The van der Waals surface area contributed by atoms with Crippen LogP contribution in [0.4, 0.5) is 4.79 Å². The van der Waals surface area contributed by atoms with Gasteiger partial charge in [0, 0.05) is 0 Å². The van der Waals surface area contributed by atoms with E-state index in [1.165, 1.54) is 0 Å². The predicted octanol–water partition coefficient (Wildman–Crippen LogP) is 3.96. The van der Waals surface area contributed by atoms with E-state index in [4.69, 9.17) is 9.15 Å². The number of sulfone groups is 1. The SMILES string of the molecule is CC[C@@H](C)[C@H](NC(=O)OC(C)(C)C)c1nnc(S(=O)(=O)Cc2ccccc2C)o1. The Morgan fingerprint density at radius 2 is 1.90 bits per heavy atom. The van der Waals surface area contributed by atoms with Crippen LogP contribution in [0, 0.1) is 12.8 Å². The second kappa shape index (κ2) is 8.94. The highest BCUT2D eigenvalue weighted by atomic mass is 32.2. The number of nitrogens with zero attached hydrogens (tertiary/aromatic N) is 2. The molecule has 29 heavy (non-hydrogen) atoms. The molecule has 2 atom stereocenters. The Labute approximate surface area is 172 Å². The van der Waals surface area contributed by atoms with Gasteiger partial charge in [-0.25, -0.2) is 13.2 Å². The van der Waals surface area contributed by atoms with Gasteiger partial charge in [0.25, 0.3) is 0 Å². The first kappa shape index (κ1) is 22.9. The number of aryl methyl sites for hydroxylation is 1. The highest BCUT2D eigenvalue weighted by molar-refractivity contribution is 7.90. The van der Waals surface area contributed by atoms with E-state index in [1.807, 2.05) is 32.9 Å². The van der Waals surface area contributed by atoms with Gasteiger partial charge in [0.05, 0.1) is 5.75 Å². The summed E-state index contributed by atoms with van der Waals surface area (Å²) < 4.78 is 36.3. The molecule has 160 valence electrons. The normalized spacial score (nSPS) is 14.3. The lowest BCUT2D eigenvalue weighted by Crippen LogP contribution is -2.37. The minimum Gasteiger partial charge on any atom is -0.444 e. The van der Waals surface area contributed by atoms with Crippen molar-refractivity contribution in [3.05, 3.63) is 41.3 Å². The molecule has 1 aromatic heterocycles. The van der Waals surface area contributed by atoms with Crippen LogP contribution in [0.2, 0.25) is 0 Å². The maximum Gasteiger partial charge on any atom is 0.408 e. The van der Waals surface area contributed by atoms with Gasteiger partial charge in [-0.3, -0.25) is 0 Å². The van der Waals surface area contributed by atoms with Crippen LogP contribution in [0.25, 0.3) is 0 Å². The zero-order valence-electron chi connectivity index (χ0n) is 17.7. The fourth-order valence-electron chi connectivity index (χ4n) is 2.63. The fraction of sp³-hybridized carbons (Fsp3) is 0.550. The number of alkyl carbamates (subject to hydrolysis) is 1. The Bertz CT molecular complexity index is 947. The van der Waals surface area contributed by atoms with E-state index in [-0.39, 0.29) is 17.6 Å². The third-order valence-electron chi connectivity index (χ3n) is 4.45. The van der Waals surface area contributed by atoms with Crippen molar-refractivity contribution in [3.8, 4) is 0 Å². The molecule has 1 N–H and O–H groups in total. The van der Waals surface area contributed by atoms with E-state index in [0.29, 0.717) is 12.0 Å². The number of nitrogens with one attached hydrogen (secondary N) is 1. The molecule has 8 nitrogen and oxygen atoms in total. The Hall–Kier alpha value is -2.42. The summed E-state index contributed by atoms with van der Waals surface area (Å²) in [6.45, 7) is 11.0. The van der Waals surface area contributed by atoms with Gasteiger partial charge in [-0.05, 0) is 44.7 Å². The molecular weight excluding hydrogens is 394 g/mol. The number of rotatable bonds is 7. The second-order valence-corrected chi connectivity index (χ2v) is 9.97. The van der Waals surface area contributed by atoms with Gasteiger partial charge in [0.2, 0.25) is 15.7 Å². The highest BCUT2D eigenvalue weighted by Crippen LogP contribution is 2.26. The molecule has 9 heteroatoms. The fourth-order valence-corrected chi connectivity index (χ4v) is 3.86. The molecule has 1 amide bonds. The van der Waals surface area contributed by atoms with Crippen LogP contribution >= 0.6 is 0 Å². The van der Waals surface area contributed by atoms with E-state index in [9.17, 15) is 13.2 Å². The number of carbonyl (C=O) groups excluding carboxylic acids is 1. The number of ether oxygens (including phenoxy) is 1. The summed E-state index contributed by atoms with van der Waals surface area (Å²) in [6, 6.07) is 6.55. The number of aromatic nitrogens is 2. The third-order valence-corrected chi connectivity index (χ3v) is 5.83. The predicted molar refractivity (Wildman–Crippen MR) is 108 cm³/mol. The molecule has 0 fully saturated rings. The quantitative estimate of drug-likeness (QED) is 0.717. The van der Waals surface area contributed by atoms with Crippen molar-refractivity contribution in [1.82, 2.24) is 15.5 Å². The first-order valence-electron chi connectivity index (χ1n) is 9.53. The van der Waals surface area contributed by atoms with Gasteiger partial charge >= 0.3 is 11.3 Å². The first-order valence-corrected chi connectivity index (χ1v) is 11.2. The summed E-state index contributed by atoms with van der Waals surface area (Å²) in [5.41, 5.74) is 0.860. The zero-order valence-corrected chi connectivity index (χ0v) is 18.5. The van der Waals surface area contributed by atoms with Crippen LogP contribution in [-0.2, 0) is 20.3 Å². The van der Waals surface area contributed by atoms with Crippen LogP contribution in [-0.4, -0.2) is 30.3 Å². The van der Waals surface area contributed by atoms with Crippen LogP contribution in [0.3, 0.4) is 0 Å². The average molecular weight is 424 g/mol. The minimum absolute atomic E-state index is 0.0357. The molecule has 2 aromatic rings. The molecule has 0 saturated heterocycles. The zero-order chi connectivity index (χ0) is 21.8. The lowest BCUT2D eigenvalue weighted by Gasteiger charge is -2.24. The number of carbonyl (C=O) groups is 1. The standard InChI is InChI=1S/C20H29N3O5S/c1-7-13(2)16(21-18(24)28-20(4,5)6)17-22-23-19(27-17)29(25,26)12-15-11-9-8-10-14(15)3/h8-11,13,16H,7,12H2,1-6H3,(H,21,24)/t13-,16+/m1/s1. The molecule has 2 rings (SSSR count). The summed E-state index contributed by atoms with van der Waals surface area (Å²) >= 11 is 0. The van der Waals surface area contributed by atoms with E-state index in [0.717, 1.165) is 5.56 Å². The summed E-state index contributed by atoms with van der Waals surface area (Å²) in [4.78, 5) is 12.2. The molecule has 0 saturated carbocycles. The maximum atomic E-state index is 12.7. The van der Waals surface area contributed by atoms with Crippen molar-refractivity contribution >= 4 is 15.9 Å². The summed E-state index contributed by atoms with van der Waals surface area (Å²) in [6.07, 6.45) is 0.0686. The van der Waals surface area contributed by atoms with Crippen molar-refractivity contribution in [3.63, 3.8) is 0 Å². The van der Waals surface area contributed by atoms with Crippen LogP contribution in [0.5, 0.6) is 0 Å². The van der Waals surface area contributed by atoms with Crippen LogP contribution in [0.1, 0.15) is 64.1 Å². The van der Waals surface area contributed by atoms with E-state index in [2.05, 4.69) is 15.5 Å². The second-order valence-electron chi connectivity index (χ2n) is 8.10. The van der Waals surface area contributed by atoms with E-state index < -0.39 is 32.8 Å². The molecule has 0 spiro atoms. The molecule has 1 aromatic carbocycles. The average Bonchev–Trinajstić information content (AvgIpc) is 3.10. The maximum absolute atomic E-state index is 12.7. The molecule has 1 heterocycles. The van der Waals surface area contributed by atoms with Gasteiger partial charge in [-0.15, -0.1) is 5.10 Å². The van der Waals surface area contributed by atoms with Gasteiger partial charge in [0.15, 0.2) is 0 Å². The number of hydrogen-bond donors (Lipinski definition) is 1. The van der Waals surface area contributed by atoms with Crippen molar-refractivity contribution in [1.29, 1.82) is 0 Å². The number of amides is 1. The Morgan fingerprint density at radius 3 is 2.48 bits per heavy atom. The van der Waals surface area contributed by atoms with Gasteiger partial charge < -0.3 is 14.5 Å². The first-order chi connectivity index (χ1) is 13.4. The molecule has 0 radical (unpaired) electrons. The van der Waals surface area contributed by atoms with Crippen LogP contribution in [0.15, 0.2) is 33.9 Å². The number of hydrogen-bond acceptors (Lipinski definition) is 7. The molecule has 0 aliphatic heterocycles. The van der Waals surface area contributed by atoms with Gasteiger partial charge in [-0.1, -0.05) is 49.6 Å². The minimum atomic E-state index is -3.82. The molecule has 0 aliphatic rings. The van der Waals surface area contributed by atoms with Crippen molar-refractivity contribution < 1.29 is 22.4 Å². The monoisotopic (exact) mass is 423 g/mol. The third kappa shape index (κ3) is 6.28.